The van der Waals surface area contributed by atoms with Gasteiger partial charge in [-0.1, -0.05) is 49.4 Å². The largest absolute Gasteiger partial charge is 0.497 e. The second-order valence-electron chi connectivity index (χ2n) is 6.83. The average molecular weight is 383 g/mol. The van der Waals surface area contributed by atoms with E-state index in [1.54, 1.807) is 18.9 Å². The summed E-state index contributed by atoms with van der Waals surface area (Å²) in [6, 6.07) is 17.0. The molecule has 2 aromatic carbocycles. The van der Waals surface area contributed by atoms with Crippen LogP contribution in [0.15, 0.2) is 54.6 Å². The predicted molar refractivity (Wildman–Crippen MR) is 111 cm³/mol. The summed E-state index contributed by atoms with van der Waals surface area (Å²) in [4.78, 5) is 27.2. The van der Waals surface area contributed by atoms with Crippen molar-refractivity contribution in [3.8, 4) is 5.75 Å². The van der Waals surface area contributed by atoms with Crippen molar-refractivity contribution in [1.29, 1.82) is 0 Å². The van der Waals surface area contributed by atoms with Gasteiger partial charge in [-0.05, 0) is 43.0 Å². The molecule has 150 valence electrons. The van der Waals surface area contributed by atoms with E-state index in [-0.39, 0.29) is 11.8 Å². The number of nitrogens with one attached hydrogen (secondary N) is 1. The molecule has 2 aromatic rings. The van der Waals surface area contributed by atoms with E-state index in [2.05, 4.69) is 5.32 Å². The second kappa shape index (κ2) is 11.1. The number of ether oxygens (including phenoxy) is 1. The van der Waals surface area contributed by atoms with Gasteiger partial charge < -0.3 is 15.0 Å². The smallest absolute Gasteiger partial charge is 0.242 e. The Labute approximate surface area is 167 Å². The zero-order valence-electron chi connectivity index (χ0n) is 17.0. The molecule has 0 aliphatic heterocycles. The maximum absolute atomic E-state index is 13.0. The Bertz CT molecular complexity index is 761. The van der Waals surface area contributed by atoms with E-state index in [4.69, 9.17) is 4.74 Å². The number of hydrogen-bond donors (Lipinski definition) is 1. The number of nitrogens with zero attached hydrogens (tertiary/aromatic N) is 1. The third kappa shape index (κ3) is 6.41. The third-order valence-electron chi connectivity index (χ3n) is 4.67. The third-order valence-corrected chi connectivity index (χ3v) is 4.67. The highest BCUT2D eigenvalue weighted by molar-refractivity contribution is 5.87. The number of carbonyl (C=O) groups excluding carboxylic acids is 2. The van der Waals surface area contributed by atoms with Gasteiger partial charge in [-0.25, -0.2) is 0 Å². The van der Waals surface area contributed by atoms with Crippen LogP contribution in [0.3, 0.4) is 0 Å². The predicted octanol–water partition coefficient (Wildman–Crippen LogP) is 3.57. The van der Waals surface area contributed by atoms with E-state index in [1.165, 1.54) is 0 Å². The van der Waals surface area contributed by atoms with E-state index in [0.29, 0.717) is 25.9 Å². The Morgan fingerprint density at radius 2 is 1.79 bits per heavy atom. The van der Waals surface area contributed by atoms with E-state index < -0.39 is 6.04 Å². The van der Waals surface area contributed by atoms with Crippen molar-refractivity contribution in [2.24, 2.45) is 0 Å². The van der Waals surface area contributed by atoms with Gasteiger partial charge in [0.2, 0.25) is 11.8 Å². The summed E-state index contributed by atoms with van der Waals surface area (Å²) in [6.07, 6.45) is 1.87. The first-order valence-electron chi connectivity index (χ1n) is 9.79. The van der Waals surface area contributed by atoms with Gasteiger partial charge in [-0.3, -0.25) is 9.59 Å². The standard InChI is InChI=1S/C23H30N2O3/c1-4-15-24-23(27)18(2)25(17-20-11-8-12-21(16-20)28-3)22(26)14-13-19-9-6-5-7-10-19/h5-12,16,18H,4,13-15,17H2,1-3H3,(H,24,27)/t18-/m1/s1. The topological polar surface area (TPSA) is 58.6 Å². The highest BCUT2D eigenvalue weighted by atomic mass is 16.5. The van der Waals surface area contributed by atoms with Crippen LogP contribution in [0, 0.1) is 0 Å². The van der Waals surface area contributed by atoms with Crippen LogP contribution >= 0.6 is 0 Å². The number of aryl methyl sites for hydroxylation is 1. The van der Waals surface area contributed by atoms with Crippen molar-refractivity contribution in [3.63, 3.8) is 0 Å². The first-order chi connectivity index (χ1) is 13.5. The van der Waals surface area contributed by atoms with Crippen molar-refractivity contribution in [3.05, 3.63) is 65.7 Å². The van der Waals surface area contributed by atoms with Gasteiger partial charge in [0, 0.05) is 19.5 Å². The fourth-order valence-electron chi connectivity index (χ4n) is 2.99. The van der Waals surface area contributed by atoms with Gasteiger partial charge in [0.05, 0.1) is 7.11 Å². The number of benzene rings is 2. The molecule has 0 saturated carbocycles. The molecular weight excluding hydrogens is 352 g/mol. The number of carbonyl (C=O) groups is 2. The van der Waals surface area contributed by atoms with Gasteiger partial charge in [0.1, 0.15) is 11.8 Å². The van der Waals surface area contributed by atoms with Gasteiger partial charge >= 0.3 is 0 Å². The molecule has 0 spiro atoms. The highest BCUT2D eigenvalue weighted by Crippen LogP contribution is 2.17. The summed E-state index contributed by atoms with van der Waals surface area (Å²) in [5, 5.41) is 2.89. The summed E-state index contributed by atoms with van der Waals surface area (Å²) in [6.45, 7) is 4.76. The van der Waals surface area contributed by atoms with Gasteiger partial charge in [0.25, 0.3) is 0 Å². The first-order valence-corrected chi connectivity index (χ1v) is 9.79. The van der Waals surface area contributed by atoms with Crippen LogP contribution < -0.4 is 10.1 Å². The molecule has 0 heterocycles. The van der Waals surface area contributed by atoms with Crippen LogP contribution in [0.25, 0.3) is 0 Å². The minimum atomic E-state index is -0.541. The lowest BCUT2D eigenvalue weighted by atomic mass is 10.1. The zero-order valence-corrected chi connectivity index (χ0v) is 17.0. The quantitative estimate of drug-likeness (QED) is 0.683. The van der Waals surface area contributed by atoms with Crippen LogP contribution in [-0.4, -0.2) is 36.4 Å². The van der Waals surface area contributed by atoms with E-state index in [1.807, 2.05) is 61.5 Å². The highest BCUT2D eigenvalue weighted by Gasteiger charge is 2.25. The molecular formula is C23H30N2O3. The maximum atomic E-state index is 13.0. The molecule has 0 radical (unpaired) electrons. The summed E-state index contributed by atoms with van der Waals surface area (Å²) in [5.74, 6) is 0.570. The van der Waals surface area contributed by atoms with Crippen LogP contribution in [0.1, 0.15) is 37.8 Å². The van der Waals surface area contributed by atoms with E-state index in [9.17, 15) is 9.59 Å². The minimum absolute atomic E-state index is 0.0363. The van der Waals surface area contributed by atoms with Crippen molar-refractivity contribution < 1.29 is 14.3 Å². The Kier molecular flexibility index (Phi) is 8.53. The molecule has 0 bridgehead atoms. The van der Waals surface area contributed by atoms with Crippen LogP contribution in [-0.2, 0) is 22.6 Å². The lowest BCUT2D eigenvalue weighted by Crippen LogP contribution is -2.47. The van der Waals surface area contributed by atoms with E-state index in [0.717, 1.165) is 23.3 Å². The molecule has 5 nitrogen and oxygen atoms in total. The van der Waals surface area contributed by atoms with Crippen molar-refractivity contribution >= 4 is 11.8 Å². The number of amides is 2. The average Bonchev–Trinajstić information content (AvgIpc) is 2.74. The fourth-order valence-corrected chi connectivity index (χ4v) is 2.99. The molecule has 2 amide bonds. The monoisotopic (exact) mass is 382 g/mol. The molecule has 0 fully saturated rings. The number of methoxy groups -OCH3 is 1. The minimum Gasteiger partial charge on any atom is -0.497 e. The van der Waals surface area contributed by atoms with Gasteiger partial charge in [0.15, 0.2) is 0 Å². The SMILES string of the molecule is CCCNC(=O)[C@@H](C)N(Cc1cccc(OC)c1)C(=O)CCc1ccccc1. The Morgan fingerprint density at radius 1 is 1.07 bits per heavy atom. The molecule has 1 N–H and O–H groups in total. The summed E-state index contributed by atoms with van der Waals surface area (Å²) < 4.78 is 5.28. The summed E-state index contributed by atoms with van der Waals surface area (Å²) >= 11 is 0. The lowest BCUT2D eigenvalue weighted by molar-refractivity contribution is -0.140. The van der Waals surface area contributed by atoms with Crippen LogP contribution in [0.2, 0.25) is 0 Å². The zero-order chi connectivity index (χ0) is 20.4. The summed E-state index contributed by atoms with van der Waals surface area (Å²) in [5.41, 5.74) is 2.04. The van der Waals surface area contributed by atoms with E-state index >= 15 is 0 Å². The molecule has 2 rings (SSSR count). The molecule has 1 atom stereocenters. The molecule has 0 aliphatic carbocycles. The fraction of sp³-hybridized carbons (Fsp3) is 0.391. The molecule has 0 unspecified atom stereocenters. The molecule has 0 saturated heterocycles. The Balaban J connectivity index is 2.13. The maximum Gasteiger partial charge on any atom is 0.242 e. The normalized spacial score (nSPS) is 11.5. The van der Waals surface area contributed by atoms with Gasteiger partial charge in [-0.2, -0.15) is 0 Å². The van der Waals surface area contributed by atoms with Crippen LogP contribution in [0.5, 0.6) is 5.75 Å². The number of rotatable bonds is 10. The van der Waals surface area contributed by atoms with Gasteiger partial charge in [-0.15, -0.1) is 0 Å². The van der Waals surface area contributed by atoms with Crippen molar-refractivity contribution in [2.75, 3.05) is 13.7 Å². The Morgan fingerprint density at radius 3 is 2.46 bits per heavy atom. The molecule has 0 aromatic heterocycles. The van der Waals surface area contributed by atoms with Crippen molar-refractivity contribution in [1.82, 2.24) is 10.2 Å². The lowest BCUT2D eigenvalue weighted by Gasteiger charge is -2.29. The Hall–Kier alpha value is -2.82. The number of hydrogen-bond acceptors (Lipinski definition) is 3. The van der Waals surface area contributed by atoms with Crippen LogP contribution in [0.4, 0.5) is 0 Å². The molecule has 28 heavy (non-hydrogen) atoms. The summed E-state index contributed by atoms with van der Waals surface area (Å²) in [7, 11) is 1.61. The first kappa shape index (κ1) is 21.5. The second-order valence-corrected chi connectivity index (χ2v) is 6.83. The molecule has 0 aliphatic rings. The molecule has 5 heteroatoms. The van der Waals surface area contributed by atoms with Crippen molar-refractivity contribution in [2.45, 2.75) is 45.7 Å².